The fourth-order valence-electron chi connectivity index (χ4n) is 9.54. The molecule has 3 aliphatic heterocycles. The zero-order chi connectivity index (χ0) is 39.6. The second kappa shape index (κ2) is 16.0. The third-order valence-corrected chi connectivity index (χ3v) is 11.9. The first-order valence-corrected chi connectivity index (χ1v) is 19.8. The van der Waals surface area contributed by atoms with Crippen molar-refractivity contribution in [1.82, 2.24) is 10.2 Å². The van der Waals surface area contributed by atoms with Crippen LogP contribution in [0.1, 0.15) is 84.5 Å². The lowest BCUT2D eigenvalue weighted by Crippen LogP contribution is -2.54. The standard InChI is InChI=1S/C47H47N3O7/c1-2-27-48-43(52)38-40-44(53)57-41(33-17-9-6-10-18-33)39(32-15-7-5-8-16-32)50(40)42(34-19-11-12-20-37(34)56-29-28-51)47(38)35-30-31(21-22-36(35)49-45(47)54)23-26-46(55)24-13-3-4-14-25-46/h2,5-12,15-22,30,38-42,51,55H,1,3-4,13-14,24-25,27-29H2,(H,48,52)(H,49,54). The van der Waals surface area contributed by atoms with E-state index < -0.39 is 58.9 Å². The molecule has 0 aromatic heterocycles. The summed E-state index contributed by atoms with van der Waals surface area (Å²) in [5.74, 6) is 3.87. The van der Waals surface area contributed by atoms with Crippen LogP contribution >= 0.6 is 0 Å². The zero-order valence-corrected chi connectivity index (χ0v) is 31.7. The van der Waals surface area contributed by atoms with E-state index >= 15 is 4.79 Å². The molecular weight excluding hydrogens is 719 g/mol. The highest BCUT2D eigenvalue weighted by Crippen LogP contribution is 2.65. The number of aliphatic hydroxyl groups excluding tert-OH is 1. The summed E-state index contributed by atoms with van der Waals surface area (Å²) in [6.45, 7) is 3.63. The van der Waals surface area contributed by atoms with Crippen LogP contribution in [0.3, 0.4) is 0 Å². The molecule has 292 valence electrons. The number of benzene rings is 4. The summed E-state index contributed by atoms with van der Waals surface area (Å²) in [5, 5.41) is 27.4. The predicted octanol–water partition coefficient (Wildman–Crippen LogP) is 6.07. The van der Waals surface area contributed by atoms with Crippen LogP contribution in [-0.4, -0.2) is 64.3 Å². The van der Waals surface area contributed by atoms with E-state index in [1.54, 1.807) is 24.3 Å². The Balaban J connectivity index is 1.42. The van der Waals surface area contributed by atoms with Gasteiger partial charge in [-0.2, -0.15) is 0 Å². The van der Waals surface area contributed by atoms with Gasteiger partial charge < -0.3 is 30.3 Å². The lowest BCUT2D eigenvalue weighted by atomic mass is 9.65. The minimum absolute atomic E-state index is 0.0222. The van der Waals surface area contributed by atoms with Crippen LogP contribution in [0.25, 0.3) is 0 Å². The number of cyclic esters (lactones) is 1. The van der Waals surface area contributed by atoms with Gasteiger partial charge in [0.05, 0.1) is 24.6 Å². The number of para-hydroxylation sites is 1. The average molecular weight is 766 g/mol. The van der Waals surface area contributed by atoms with Crippen LogP contribution in [-0.2, 0) is 24.5 Å². The van der Waals surface area contributed by atoms with E-state index in [2.05, 4.69) is 29.1 Å². The van der Waals surface area contributed by atoms with Gasteiger partial charge in [-0.3, -0.25) is 19.3 Å². The third-order valence-electron chi connectivity index (χ3n) is 11.9. The Kier molecular flexibility index (Phi) is 10.7. The Morgan fingerprint density at radius 3 is 2.32 bits per heavy atom. The minimum Gasteiger partial charge on any atom is -0.491 e. The molecule has 3 fully saturated rings. The lowest BCUT2D eigenvalue weighted by Gasteiger charge is -2.46. The molecule has 4 N–H and O–H groups in total. The summed E-state index contributed by atoms with van der Waals surface area (Å²) in [6.07, 6.45) is 5.76. The fourth-order valence-corrected chi connectivity index (χ4v) is 9.54. The van der Waals surface area contributed by atoms with E-state index in [1.165, 1.54) is 0 Å². The number of morpholine rings is 1. The minimum atomic E-state index is -1.74. The molecule has 10 heteroatoms. The smallest absolute Gasteiger partial charge is 0.324 e. The second-order valence-corrected chi connectivity index (χ2v) is 15.3. The summed E-state index contributed by atoms with van der Waals surface area (Å²) in [7, 11) is 0. The van der Waals surface area contributed by atoms with E-state index in [9.17, 15) is 19.8 Å². The van der Waals surface area contributed by atoms with Crippen molar-refractivity contribution in [3.8, 4) is 17.6 Å². The molecule has 8 rings (SSSR count). The Hall–Kier alpha value is -5.73. The second-order valence-electron chi connectivity index (χ2n) is 15.3. The topological polar surface area (TPSA) is 137 Å². The number of hydrogen-bond donors (Lipinski definition) is 4. The number of esters is 1. The molecule has 0 radical (unpaired) electrons. The van der Waals surface area contributed by atoms with Crippen molar-refractivity contribution in [3.63, 3.8) is 0 Å². The van der Waals surface area contributed by atoms with Gasteiger partial charge in [0, 0.05) is 23.4 Å². The molecule has 10 nitrogen and oxygen atoms in total. The van der Waals surface area contributed by atoms with Crippen molar-refractivity contribution < 1.29 is 34.1 Å². The predicted molar refractivity (Wildman–Crippen MR) is 215 cm³/mol. The molecule has 3 heterocycles. The maximum absolute atomic E-state index is 15.4. The summed E-state index contributed by atoms with van der Waals surface area (Å²) >= 11 is 0. The van der Waals surface area contributed by atoms with Crippen LogP contribution in [0.2, 0.25) is 0 Å². The highest BCUT2D eigenvalue weighted by atomic mass is 16.6. The summed E-state index contributed by atoms with van der Waals surface area (Å²) in [5.41, 5.74) is 0.808. The Morgan fingerprint density at radius 2 is 1.61 bits per heavy atom. The molecule has 6 unspecified atom stereocenters. The van der Waals surface area contributed by atoms with Gasteiger partial charge in [0.2, 0.25) is 11.8 Å². The van der Waals surface area contributed by atoms with Gasteiger partial charge in [0.1, 0.15) is 35.5 Å². The SMILES string of the molecule is C=CCNC(=O)C1C2C(=O)OC(c3ccccc3)C(c3ccccc3)N2C(c2ccccc2OCCO)C12C(=O)Nc1ccc(C#CC3(O)CCCCCC3)cc12. The normalized spacial score (nSPS) is 26.2. The number of amides is 2. The number of carbonyl (C=O) groups excluding carboxylic acids is 3. The third kappa shape index (κ3) is 6.80. The van der Waals surface area contributed by atoms with Gasteiger partial charge in [-0.25, -0.2) is 0 Å². The maximum atomic E-state index is 15.4. The van der Waals surface area contributed by atoms with Crippen molar-refractivity contribution >= 4 is 23.5 Å². The van der Waals surface area contributed by atoms with E-state index in [0.29, 0.717) is 41.0 Å². The first-order valence-electron chi connectivity index (χ1n) is 19.8. The molecule has 1 aliphatic carbocycles. The highest BCUT2D eigenvalue weighted by Gasteiger charge is 2.74. The first-order chi connectivity index (χ1) is 27.8. The highest BCUT2D eigenvalue weighted by molar-refractivity contribution is 6.12. The molecular formula is C47H47N3O7. The number of aliphatic hydroxyl groups is 2. The van der Waals surface area contributed by atoms with Crippen LogP contribution in [0, 0.1) is 17.8 Å². The van der Waals surface area contributed by atoms with Crippen LogP contribution in [0.5, 0.6) is 5.75 Å². The van der Waals surface area contributed by atoms with E-state index in [4.69, 9.17) is 9.47 Å². The quantitative estimate of drug-likeness (QED) is 0.0699. The van der Waals surface area contributed by atoms with Crippen LogP contribution in [0.4, 0.5) is 5.69 Å². The fraction of sp³-hybridized carbons (Fsp3) is 0.340. The van der Waals surface area contributed by atoms with Gasteiger partial charge >= 0.3 is 5.97 Å². The van der Waals surface area contributed by atoms with Crippen molar-refractivity contribution in [2.24, 2.45) is 5.92 Å². The zero-order valence-electron chi connectivity index (χ0n) is 31.7. The Morgan fingerprint density at radius 1 is 0.930 bits per heavy atom. The van der Waals surface area contributed by atoms with Crippen molar-refractivity contribution in [1.29, 1.82) is 0 Å². The Bertz CT molecular complexity index is 2210. The number of carbonyl (C=O) groups is 3. The van der Waals surface area contributed by atoms with Gasteiger partial charge in [-0.15, -0.1) is 6.58 Å². The van der Waals surface area contributed by atoms with Crippen LogP contribution < -0.4 is 15.4 Å². The molecule has 0 bridgehead atoms. The molecule has 6 atom stereocenters. The molecule has 4 aliphatic rings. The van der Waals surface area contributed by atoms with E-state index in [0.717, 1.165) is 36.8 Å². The largest absolute Gasteiger partial charge is 0.491 e. The van der Waals surface area contributed by atoms with Gasteiger partial charge in [0.25, 0.3) is 0 Å². The van der Waals surface area contributed by atoms with E-state index in [-0.39, 0.29) is 19.8 Å². The monoisotopic (exact) mass is 765 g/mol. The molecule has 4 aromatic rings. The molecule has 2 amide bonds. The molecule has 4 aromatic carbocycles. The number of ether oxygens (including phenoxy) is 2. The van der Waals surface area contributed by atoms with Gasteiger partial charge in [-0.1, -0.05) is 110 Å². The number of nitrogens with one attached hydrogen (secondary N) is 2. The lowest BCUT2D eigenvalue weighted by molar-refractivity contribution is -0.178. The number of anilines is 1. The number of rotatable bonds is 9. The van der Waals surface area contributed by atoms with Gasteiger partial charge in [0.15, 0.2) is 0 Å². The number of hydrogen-bond acceptors (Lipinski definition) is 8. The number of nitrogens with zero attached hydrogens (tertiary/aromatic N) is 1. The van der Waals surface area contributed by atoms with Crippen LogP contribution in [0.15, 0.2) is 116 Å². The van der Waals surface area contributed by atoms with E-state index in [1.807, 2.05) is 89.8 Å². The Labute approximate surface area is 332 Å². The first kappa shape index (κ1) is 38.2. The van der Waals surface area contributed by atoms with Crippen molar-refractivity contribution in [2.45, 2.75) is 73.8 Å². The molecule has 1 saturated carbocycles. The van der Waals surface area contributed by atoms with Gasteiger partial charge in [-0.05, 0) is 66.6 Å². The molecule has 2 saturated heterocycles. The summed E-state index contributed by atoms with van der Waals surface area (Å²) in [6, 6.07) is 29.0. The van der Waals surface area contributed by atoms with Crippen molar-refractivity contribution in [2.75, 3.05) is 25.1 Å². The molecule has 1 spiro atoms. The van der Waals surface area contributed by atoms with Crippen molar-refractivity contribution in [3.05, 3.63) is 144 Å². The molecule has 57 heavy (non-hydrogen) atoms. The maximum Gasteiger partial charge on any atom is 0.324 e. The average Bonchev–Trinajstić information content (AvgIpc) is 3.60. The summed E-state index contributed by atoms with van der Waals surface area (Å²) in [4.78, 5) is 47.2. The summed E-state index contributed by atoms with van der Waals surface area (Å²) < 4.78 is 12.7. The number of fused-ring (bicyclic) bond motifs is 3.